The van der Waals surface area contributed by atoms with Gasteiger partial charge in [0.1, 0.15) is 5.60 Å². The molecule has 0 aliphatic carbocycles. The van der Waals surface area contributed by atoms with Crippen LogP contribution in [-0.2, 0) is 22.6 Å². The normalized spacial score (nSPS) is 19.1. The van der Waals surface area contributed by atoms with Crippen molar-refractivity contribution in [2.75, 3.05) is 46.3 Å². The molecule has 7 nitrogen and oxygen atoms in total. The largest absolute Gasteiger partial charge is 0.444 e. The average molecular weight is 445 g/mol. The zero-order chi connectivity index (χ0) is 23.1. The van der Waals surface area contributed by atoms with Crippen LogP contribution in [0.1, 0.15) is 51.2 Å². The molecule has 0 spiro atoms. The highest BCUT2D eigenvalue weighted by molar-refractivity contribution is 5.76. The summed E-state index contributed by atoms with van der Waals surface area (Å²) in [7, 11) is 2.17. The van der Waals surface area contributed by atoms with E-state index in [0.717, 1.165) is 51.1 Å². The second kappa shape index (κ2) is 11.1. The maximum atomic E-state index is 12.5. The Morgan fingerprint density at radius 2 is 1.69 bits per heavy atom. The van der Waals surface area contributed by atoms with Crippen LogP contribution >= 0.6 is 0 Å². The number of likely N-dealkylation sites (N-methyl/N-ethyl adjacent to an activating group) is 1. The topological polar surface area (TPSA) is 65.1 Å². The van der Waals surface area contributed by atoms with Gasteiger partial charge in [0.05, 0.1) is 0 Å². The summed E-state index contributed by atoms with van der Waals surface area (Å²) in [5.41, 5.74) is 1.97. The summed E-state index contributed by atoms with van der Waals surface area (Å²) in [6.07, 6.45) is 1.94. The standard InChI is InChI=1S/C25H40N4O3/c1-25(2,3)32-24(31)29-10-8-20(9-11-29)17-23(30)26-18-21-6-5-7-22(16-21)19-28-14-12-27(4)13-15-28/h5-7,16,20H,8-15,17-19H2,1-4H3,(H,26,30). The molecule has 0 aromatic heterocycles. The molecule has 1 aromatic rings. The first kappa shape index (κ1) is 24.5. The highest BCUT2D eigenvalue weighted by atomic mass is 16.6. The third-order valence-electron chi connectivity index (χ3n) is 6.22. The molecule has 2 aliphatic heterocycles. The third kappa shape index (κ3) is 8.10. The molecule has 0 saturated carbocycles. The van der Waals surface area contributed by atoms with Crippen molar-refractivity contribution in [3.05, 3.63) is 35.4 Å². The molecule has 7 heteroatoms. The van der Waals surface area contributed by atoms with Gasteiger partial charge in [-0.3, -0.25) is 9.69 Å². The first-order chi connectivity index (χ1) is 15.2. The molecule has 1 N–H and O–H groups in total. The molecule has 2 fully saturated rings. The van der Waals surface area contributed by atoms with Crippen LogP contribution in [0.25, 0.3) is 0 Å². The fraction of sp³-hybridized carbons (Fsp3) is 0.680. The number of hydrogen-bond acceptors (Lipinski definition) is 5. The molecule has 178 valence electrons. The van der Waals surface area contributed by atoms with E-state index in [9.17, 15) is 9.59 Å². The van der Waals surface area contributed by atoms with Crippen molar-refractivity contribution in [2.24, 2.45) is 5.92 Å². The van der Waals surface area contributed by atoms with Crippen LogP contribution in [0.15, 0.2) is 24.3 Å². The van der Waals surface area contributed by atoms with Crippen LogP contribution in [0.4, 0.5) is 4.79 Å². The molecule has 32 heavy (non-hydrogen) atoms. The fourth-order valence-corrected chi connectivity index (χ4v) is 4.28. The number of amides is 2. The molecule has 0 atom stereocenters. The molecular formula is C25H40N4O3. The molecule has 2 aliphatic rings. The number of hydrogen-bond donors (Lipinski definition) is 1. The summed E-state index contributed by atoms with van der Waals surface area (Å²) in [4.78, 5) is 31.3. The van der Waals surface area contributed by atoms with Gasteiger partial charge in [-0.05, 0) is 57.7 Å². The Kier molecular flexibility index (Phi) is 8.54. The van der Waals surface area contributed by atoms with E-state index < -0.39 is 5.60 Å². The Balaban J connectivity index is 1.38. The van der Waals surface area contributed by atoms with Crippen LogP contribution in [-0.4, -0.2) is 78.6 Å². The van der Waals surface area contributed by atoms with Gasteiger partial charge in [0.25, 0.3) is 0 Å². The highest BCUT2D eigenvalue weighted by Crippen LogP contribution is 2.22. The van der Waals surface area contributed by atoms with Crippen molar-refractivity contribution in [1.29, 1.82) is 0 Å². The van der Waals surface area contributed by atoms with Crippen molar-refractivity contribution in [3.63, 3.8) is 0 Å². The third-order valence-corrected chi connectivity index (χ3v) is 6.22. The van der Waals surface area contributed by atoms with E-state index in [-0.39, 0.29) is 12.0 Å². The molecule has 2 amide bonds. The molecule has 0 radical (unpaired) electrons. The van der Waals surface area contributed by atoms with Crippen LogP contribution in [0.3, 0.4) is 0 Å². The number of carbonyl (C=O) groups excluding carboxylic acids is 2. The second-order valence-electron chi connectivity index (χ2n) is 10.3. The Bertz CT molecular complexity index is 761. The van der Waals surface area contributed by atoms with Gasteiger partial charge in [0.15, 0.2) is 0 Å². The summed E-state index contributed by atoms with van der Waals surface area (Å²) < 4.78 is 5.45. The first-order valence-electron chi connectivity index (χ1n) is 11.9. The monoisotopic (exact) mass is 444 g/mol. The number of likely N-dealkylation sites (tertiary alicyclic amines) is 1. The van der Waals surface area contributed by atoms with Crippen LogP contribution in [0.5, 0.6) is 0 Å². The Labute approximate surface area is 193 Å². The van der Waals surface area contributed by atoms with Crippen molar-refractivity contribution in [2.45, 2.75) is 58.7 Å². The lowest BCUT2D eigenvalue weighted by Gasteiger charge is -2.33. The van der Waals surface area contributed by atoms with Gasteiger partial charge >= 0.3 is 6.09 Å². The van der Waals surface area contributed by atoms with E-state index in [4.69, 9.17) is 4.74 Å². The van der Waals surface area contributed by atoms with Gasteiger partial charge in [-0.1, -0.05) is 24.3 Å². The van der Waals surface area contributed by atoms with Crippen LogP contribution < -0.4 is 5.32 Å². The molecule has 3 rings (SSSR count). The molecular weight excluding hydrogens is 404 g/mol. The lowest BCUT2D eigenvalue weighted by Crippen LogP contribution is -2.43. The van der Waals surface area contributed by atoms with Crippen LogP contribution in [0.2, 0.25) is 0 Å². The summed E-state index contributed by atoms with van der Waals surface area (Å²) in [6, 6.07) is 8.53. The van der Waals surface area contributed by atoms with Crippen molar-refractivity contribution in [1.82, 2.24) is 20.0 Å². The van der Waals surface area contributed by atoms with Crippen LogP contribution in [0, 0.1) is 5.92 Å². The van der Waals surface area contributed by atoms with Crippen molar-refractivity contribution in [3.8, 4) is 0 Å². The van der Waals surface area contributed by atoms with Gasteiger partial charge in [0.2, 0.25) is 5.91 Å². The second-order valence-corrected chi connectivity index (χ2v) is 10.3. The summed E-state index contributed by atoms with van der Waals surface area (Å²) in [6.45, 7) is 12.9. The number of carbonyl (C=O) groups is 2. The van der Waals surface area contributed by atoms with E-state index in [0.29, 0.717) is 32.0 Å². The number of piperidine rings is 1. The summed E-state index contributed by atoms with van der Waals surface area (Å²) in [5.74, 6) is 0.405. The number of nitrogens with zero attached hydrogens (tertiary/aromatic N) is 3. The van der Waals surface area contributed by atoms with Gasteiger partial charge in [0, 0.05) is 58.8 Å². The lowest BCUT2D eigenvalue weighted by atomic mass is 9.93. The fourth-order valence-electron chi connectivity index (χ4n) is 4.28. The first-order valence-corrected chi connectivity index (χ1v) is 11.9. The predicted octanol–water partition coefficient (Wildman–Crippen LogP) is 3.09. The van der Waals surface area contributed by atoms with Gasteiger partial charge < -0.3 is 19.9 Å². The minimum absolute atomic E-state index is 0.0881. The van der Waals surface area contributed by atoms with E-state index in [1.54, 1.807) is 4.90 Å². The molecule has 2 saturated heterocycles. The van der Waals surface area contributed by atoms with Gasteiger partial charge in [-0.2, -0.15) is 0 Å². The molecule has 0 unspecified atom stereocenters. The minimum Gasteiger partial charge on any atom is -0.444 e. The van der Waals surface area contributed by atoms with E-state index in [1.165, 1.54) is 5.56 Å². The average Bonchev–Trinajstić information content (AvgIpc) is 2.73. The quantitative estimate of drug-likeness (QED) is 0.731. The molecule has 0 bridgehead atoms. The predicted molar refractivity (Wildman–Crippen MR) is 126 cm³/mol. The minimum atomic E-state index is -0.477. The number of ether oxygens (including phenoxy) is 1. The van der Waals surface area contributed by atoms with E-state index in [1.807, 2.05) is 20.8 Å². The lowest BCUT2D eigenvalue weighted by molar-refractivity contribution is -0.122. The maximum absolute atomic E-state index is 12.5. The number of benzene rings is 1. The Hall–Kier alpha value is -2.12. The summed E-state index contributed by atoms with van der Waals surface area (Å²) >= 11 is 0. The summed E-state index contributed by atoms with van der Waals surface area (Å²) in [5, 5.41) is 3.08. The zero-order valence-electron chi connectivity index (χ0n) is 20.2. The highest BCUT2D eigenvalue weighted by Gasteiger charge is 2.27. The Morgan fingerprint density at radius 3 is 2.34 bits per heavy atom. The van der Waals surface area contributed by atoms with Gasteiger partial charge in [-0.15, -0.1) is 0 Å². The van der Waals surface area contributed by atoms with E-state index in [2.05, 4.69) is 46.4 Å². The number of nitrogens with one attached hydrogen (secondary N) is 1. The Morgan fingerprint density at radius 1 is 1.03 bits per heavy atom. The number of piperazine rings is 1. The zero-order valence-corrected chi connectivity index (χ0v) is 20.2. The number of rotatable bonds is 6. The van der Waals surface area contributed by atoms with E-state index >= 15 is 0 Å². The smallest absolute Gasteiger partial charge is 0.410 e. The van der Waals surface area contributed by atoms with Crippen molar-refractivity contribution < 1.29 is 14.3 Å². The molecule has 1 aromatic carbocycles. The SMILES string of the molecule is CN1CCN(Cc2cccc(CNC(=O)CC3CCN(C(=O)OC(C)(C)C)CC3)c2)CC1. The van der Waals surface area contributed by atoms with Gasteiger partial charge in [-0.25, -0.2) is 4.79 Å². The molecule has 2 heterocycles. The maximum Gasteiger partial charge on any atom is 0.410 e. The van der Waals surface area contributed by atoms with Crippen molar-refractivity contribution >= 4 is 12.0 Å².